The van der Waals surface area contributed by atoms with E-state index in [4.69, 9.17) is 5.73 Å². The van der Waals surface area contributed by atoms with Crippen LogP contribution in [0.4, 0.5) is 5.82 Å². The highest BCUT2D eigenvalue weighted by atomic mass is 15.2. The lowest BCUT2D eigenvalue weighted by molar-refractivity contribution is 0.345. The van der Waals surface area contributed by atoms with E-state index in [-0.39, 0.29) is 0 Å². The van der Waals surface area contributed by atoms with E-state index < -0.39 is 0 Å². The van der Waals surface area contributed by atoms with Crippen molar-refractivity contribution in [2.75, 3.05) is 18.0 Å². The van der Waals surface area contributed by atoms with E-state index in [1.165, 1.54) is 11.1 Å². The molecule has 2 heterocycles. The van der Waals surface area contributed by atoms with Crippen molar-refractivity contribution in [2.45, 2.75) is 31.2 Å². The van der Waals surface area contributed by atoms with Crippen molar-refractivity contribution in [3.63, 3.8) is 0 Å². The number of anilines is 1. The Morgan fingerprint density at radius 2 is 1.91 bits per heavy atom. The van der Waals surface area contributed by atoms with Crippen LogP contribution in [0.2, 0.25) is 0 Å². The van der Waals surface area contributed by atoms with Gasteiger partial charge in [0, 0.05) is 36.8 Å². The molecule has 23 heavy (non-hydrogen) atoms. The van der Waals surface area contributed by atoms with E-state index >= 15 is 0 Å². The van der Waals surface area contributed by atoms with Gasteiger partial charge in [-0.05, 0) is 30.4 Å². The molecule has 1 aromatic carbocycles. The molecule has 0 atom stereocenters. The van der Waals surface area contributed by atoms with Crippen LogP contribution in [-0.4, -0.2) is 29.1 Å². The average molecular weight is 306 g/mol. The van der Waals surface area contributed by atoms with Crippen LogP contribution in [0.25, 0.3) is 5.57 Å². The first-order valence-corrected chi connectivity index (χ1v) is 8.36. The fourth-order valence-electron chi connectivity index (χ4n) is 3.45. The fraction of sp³-hybridized carbons (Fsp3) is 0.368. The number of hydrogen-bond acceptors (Lipinski definition) is 4. The van der Waals surface area contributed by atoms with Crippen LogP contribution < -0.4 is 10.6 Å². The quantitative estimate of drug-likeness (QED) is 0.947. The Balaban J connectivity index is 1.48. The van der Waals surface area contributed by atoms with Crippen molar-refractivity contribution in [3.8, 4) is 0 Å². The van der Waals surface area contributed by atoms with Crippen LogP contribution in [0.3, 0.4) is 0 Å². The van der Waals surface area contributed by atoms with Gasteiger partial charge in [0.15, 0.2) is 0 Å². The molecule has 1 fully saturated rings. The first kappa shape index (κ1) is 14.4. The van der Waals surface area contributed by atoms with Crippen LogP contribution in [0, 0.1) is 0 Å². The molecule has 1 aromatic heterocycles. The minimum atomic E-state index is 0.352. The minimum absolute atomic E-state index is 0.352. The van der Waals surface area contributed by atoms with Gasteiger partial charge in [-0.1, -0.05) is 36.4 Å². The second-order valence-corrected chi connectivity index (χ2v) is 6.52. The third-order valence-electron chi connectivity index (χ3n) is 4.94. The van der Waals surface area contributed by atoms with E-state index in [0.29, 0.717) is 12.0 Å². The van der Waals surface area contributed by atoms with Crippen LogP contribution in [0.15, 0.2) is 48.8 Å². The summed E-state index contributed by atoms with van der Waals surface area (Å²) < 4.78 is 0. The molecular weight excluding hydrogens is 284 g/mol. The summed E-state index contributed by atoms with van der Waals surface area (Å²) in [5.74, 6) is 1.56. The van der Waals surface area contributed by atoms with Crippen molar-refractivity contribution in [3.05, 3.63) is 60.1 Å². The van der Waals surface area contributed by atoms with Crippen molar-refractivity contribution in [1.82, 2.24) is 9.97 Å². The van der Waals surface area contributed by atoms with Gasteiger partial charge in [-0.2, -0.15) is 0 Å². The summed E-state index contributed by atoms with van der Waals surface area (Å²) in [7, 11) is 0. The summed E-state index contributed by atoms with van der Waals surface area (Å²) in [6.07, 6.45) is 7.17. The molecule has 4 heteroatoms. The summed E-state index contributed by atoms with van der Waals surface area (Å²) in [6.45, 7) is 1.91. The number of nitrogens with two attached hydrogens (primary N) is 1. The first-order chi connectivity index (χ1) is 11.3. The monoisotopic (exact) mass is 306 g/mol. The number of rotatable bonds is 3. The number of hydrogen-bond donors (Lipinski definition) is 1. The molecule has 118 valence electrons. The molecule has 4 nitrogen and oxygen atoms in total. The number of aromatic nitrogens is 2. The maximum atomic E-state index is 5.90. The Morgan fingerprint density at radius 3 is 2.61 bits per heavy atom. The van der Waals surface area contributed by atoms with Gasteiger partial charge in [0.2, 0.25) is 0 Å². The van der Waals surface area contributed by atoms with Crippen LogP contribution in [-0.2, 0) is 0 Å². The third-order valence-corrected chi connectivity index (χ3v) is 4.94. The third kappa shape index (κ3) is 2.99. The lowest BCUT2D eigenvalue weighted by atomic mass is 9.78. The van der Waals surface area contributed by atoms with Gasteiger partial charge in [0.25, 0.3) is 0 Å². The summed E-state index contributed by atoms with van der Waals surface area (Å²) in [5, 5.41) is 0. The highest BCUT2D eigenvalue weighted by Crippen LogP contribution is 2.35. The average Bonchev–Trinajstić information content (AvgIpc) is 2.60. The Morgan fingerprint density at radius 1 is 1.09 bits per heavy atom. The lowest BCUT2D eigenvalue weighted by Gasteiger charge is -2.33. The minimum Gasteiger partial charge on any atom is -0.352 e. The highest BCUT2D eigenvalue weighted by Gasteiger charge is 2.29. The molecule has 4 rings (SSSR count). The fourth-order valence-corrected chi connectivity index (χ4v) is 3.45. The van der Waals surface area contributed by atoms with Crippen LogP contribution in [0.5, 0.6) is 0 Å². The summed E-state index contributed by atoms with van der Waals surface area (Å²) in [6, 6.07) is 13.1. The van der Waals surface area contributed by atoms with E-state index in [2.05, 4.69) is 57.3 Å². The standard InChI is InChI=1S/C19H22N4/c20-17-10-16(11-17)18-12-19(22-13-21-18)23-8-6-15(7-9-23)14-4-2-1-3-5-14/h1-6,12-13,16-17H,7-11,20H2. The van der Waals surface area contributed by atoms with Gasteiger partial charge in [-0.3, -0.25) is 0 Å². The highest BCUT2D eigenvalue weighted by molar-refractivity contribution is 5.68. The zero-order valence-corrected chi connectivity index (χ0v) is 13.2. The van der Waals surface area contributed by atoms with Crippen LogP contribution >= 0.6 is 0 Å². The molecule has 0 spiro atoms. The SMILES string of the molecule is NC1CC(c2cc(N3CC=C(c4ccccc4)CC3)ncn2)C1. The molecule has 2 N–H and O–H groups in total. The van der Waals surface area contributed by atoms with Crippen molar-refractivity contribution < 1.29 is 0 Å². The van der Waals surface area contributed by atoms with Crippen molar-refractivity contribution in [2.24, 2.45) is 5.73 Å². The normalized spacial score (nSPS) is 24.0. The zero-order valence-electron chi connectivity index (χ0n) is 13.2. The Kier molecular flexibility index (Phi) is 3.83. The molecular formula is C19H22N4. The first-order valence-electron chi connectivity index (χ1n) is 8.36. The summed E-state index contributed by atoms with van der Waals surface area (Å²) in [5.41, 5.74) is 9.81. The second-order valence-electron chi connectivity index (χ2n) is 6.52. The number of nitrogens with zero attached hydrogens (tertiary/aromatic N) is 3. The van der Waals surface area contributed by atoms with Gasteiger partial charge in [-0.15, -0.1) is 0 Å². The maximum Gasteiger partial charge on any atom is 0.132 e. The van der Waals surface area contributed by atoms with Crippen molar-refractivity contribution >= 4 is 11.4 Å². The largest absolute Gasteiger partial charge is 0.352 e. The topological polar surface area (TPSA) is 55.0 Å². The molecule has 2 aromatic rings. The van der Waals surface area contributed by atoms with Gasteiger partial charge in [-0.25, -0.2) is 9.97 Å². The van der Waals surface area contributed by atoms with Gasteiger partial charge < -0.3 is 10.6 Å². The van der Waals surface area contributed by atoms with Crippen molar-refractivity contribution in [1.29, 1.82) is 0 Å². The van der Waals surface area contributed by atoms with Gasteiger partial charge >= 0.3 is 0 Å². The maximum absolute atomic E-state index is 5.90. The van der Waals surface area contributed by atoms with E-state index in [9.17, 15) is 0 Å². The molecule has 0 saturated heterocycles. The predicted molar refractivity (Wildman–Crippen MR) is 93.2 cm³/mol. The molecule has 0 bridgehead atoms. The Hall–Kier alpha value is -2.20. The number of benzene rings is 1. The van der Waals surface area contributed by atoms with E-state index in [1.54, 1.807) is 6.33 Å². The zero-order chi connectivity index (χ0) is 15.6. The smallest absolute Gasteiger partial charge is 0.132 e. The molecule has 0 unspecified atom stereocenters. The van der Waals surface area contributed by atoms with E-state index in [0.717, 1.165) is 43.9 Å². The molecule has 0 radical (unpaired) electrons. The van der Waals surface area contributed by atoms with Crippen LogP contribution in [0.1, 0.15) is 36.4 Å². The van der Waals surface area contributed by atoms with Gasteiger partial charge in [0.1, 0.15) is 12.1 Å². The molecule has 1 aliphatic heterocycles. The molecule has 1 aliphatic carbocycles. The van der Waals surface area contributed by atoms with E-state index in [1.807, 2.05) is 0 Å². The summed E-state index contributed by atoms with van der Waals surface area (Å²) >= 11 is 0. The lowest BCUT2D eigenvalue weighted by Crippen LogP contribution is -2.35. The summed E-state index contributed by atoms with van der Waals surface area (Å²) in [4.78, 5) is 11.2. The molecule has 0 amide bonds. The molecule has 1 saturated carbocycles. The second kappa shape index (κ2) is 6.13. The Bertz CT molecular complexity index is 704. The predicted octanol–water partition coefficient (Wildman–Crippen LogP) is 2.98. The Labute approximate surface area is 137 Å². The van der Waals surface area contributed by atoms with Gasteiger partial charge in [0.05, 0.1) is 0 Å². The molecule has 2 aliphatic rings.